The fourth-order valence-corrected chi connectivity index (χ4v) is 4.59. The lowest BCUT2D eigenvalue weighted by Crippen LogP contribution is -2.47. The molecule has 2 N–H and O–H groups in total. The maximum Gasteiger partial charge on any atom is 0.263 e. The minimum absolute atomic E-state index is 0.00315. The summed E-state index contributed by atoms with van der Waals surface area (Å²) in [4.78, 5) is 41.9. The SMILES string of the molecule is COc1ccc2nccc(N3CCC(N(C)C(=O)CNCc4ccc5c(n4)NC(=O)CO5)CC3)c2n1. The van der Waals surface area contributed by atoms with Gasteiger partial charge in [0.2, 0.25) is 11.8 Å². The molecule has 188 valence electrons. The van der Waals surface area contributed by atoms with Crippen LogP contribution < -0.4 is 25.0 Å². The number of methoxy groups -OCH3 is 1. The van der Waals surface area contributed by atoms with E-state index in [1.807, 2.05) is 36.2 Å². The summed E-state index contributed by atoms with van der Waals surface area (Å²) in [7, 11) is 3.47. The Labute approximate surface area is 208 Å². The van der Waals surface area contributed by atoms with Crippen LogP contribution in [-0.2, 0) is 16.1 Å². The van der Waals surface area contributed by atoms with Crippen molar-refractivity contribution in [1.29, 1.82) is 0 Å². The highest BCUT2D eigenvalue weighted by molar-refractivity contribution is 5.94. The number of hydrogen-bond donors (Lipinski definition) is 2. The molecule has 0 atom stereocenters. The van der Waals surface area contributed by atoms with Gasteiger partial charge in [-0.2, -0.15) is 0 Å². The summed E-state index contributed by atoms with van der Waals surface area (Å²) < 4.78 is 10.6. The lowest BCUT2D eigenvalue weighted by Gasteiger charge is -2.38. The van der Waals surface area contributed by atoms with Crippen LogP contribution in [0.5, 0.6) is 11.6 Å². The van der Waals surface area contributed by atoms with Crippen molar-refractivity contribution >= 4 is 34.4 Å². The number of aromatic nitrogens is 3. The summed E-state index contributed by atoms with van der Waals surface area (Å²) in [6.07, 6.45) is 3.53. The molecule has 1 fully saturated rings. The van der Waals surface area contributed by atoms with Crippen LogP contribution in [-0.4, -0.2) is 78.1 Å². The van der Waals surface area contributed by atoms with Crippen LogP contribution in [0.25, 0.3) is 11.0 Å². The number of piperidine rings is 1. The van der Waals surface area contributed by atoms with Crippen LogP contribution >= 0.6 is 0 Å². The van der Waals surface area contributed by atoms with Gasteiger partial charge in [-0.15, -0.1) is 0 Å². The van der Waals surface area contributed by atoms with Gasteiger partial charge in [0.25, 0.3) is 5.91 Å². The van der Waals surface area contributed by atoms with Crippen molar-refractivity contribution in [3.05, 3.63) is 42.2 Å². The highest BCUT2D eigenvalue weighted by Gasteiger charge is 2.26. The first kappa shape index (κ1) is 23.7. The normalized spacial score (nSPS) is 15.7. The molecule has 2 aliphatic heterocycles. The lowest BCUT2D eigenvalue weighted by molar-refractivity contribution is -0.131. The number of nitrogens with one attached hydrogen (secondary N) is 2. The molecule has 0 spiro atoms. The van der Waals surface area contributed by atoms with E-state index in [2.05, 4.69) is 30.5 Å². The third-order valence-electron chi connectivity index (χ3n) is 6.61. The van der Waals surface area contributed by atoms with Crippen molar-refractivity contribution in [1.82, 2.24) is 25.2 Å². The van der Waals surface area contributed by atoms with Crippen LogP contribution in [0.3, 0.4) is 0 Å². The molecular weight excluding hydrogens is 462 g/mol. The molecular formula is C25H29N7O4. The van der Waals surface area contributed by atoms with Crippen molar-refractivity contribution in [2.24, 2.45) is 0 Å². The maximum atomic E-state index is 12.8. The Hall–Kier alpha value is -3.99. The van der Waals surface area contributed by atoms with Crippen LogP contribution in [0.1, 0.15) is 18.5 Å². The molecule has 11 nitrogen and oxygen atoms in total. The number of carbonyl (C=O) groups excluding carboxylic acids is 2. The van der Waals surface area contributed by atoms with Crippen molar-refractivity contribution in [3.63, 3.8) is 0 Å². The summed E-state index contributed by atoms with van der Waals surface area (Å²) in [5.74, 6) is 1.33. The van der Waals surface area contributed by atoms with E-state index in [-0.39, 0.29) is 31.0 Å². The summed E-state index contributed by atoms with van der Waals surface area (Å²) >= 11 is 0. The molecule has 0 bridgehead atoms. The molecule has 3 aromatic heterocycles. The first-order chi connectivity index (χ1) is 17.5. The number of ether oxygens (including phenoxy) is 2. The summed E-state index contributed by atoms with van der Waals surface area (Å²) in [6, 6.07) is 9.48. The topological polar surface area (TPSA) is 122 Å². The number of fused-ring (bicyclic) bond motifs is 2. The van der Waals surface area contributed by atoms with Crippen molar-refractivity contribution < 1.29 is 19.1 Å². The third kappa shape index (κ3) is 5.01. The van der Waals surface area contributed by atoms with Crippen LogP contribution in [0, 0.1) is 0 Å². The number of carbonyl (C=O) groups is 2. The van der Waals surface area contributed by atoms with E-state index in [1.165, 1.54) is 0 Å². The quantitative estimate of drug-likeness (QED) is 0.507. The number of anilines is 2. The first-order valence-corrected chi connectivity index (χ1v) is 12.0. The van der Waals surface area contributed by atoms with Crippen molar-refractivity contribution in [2.45, 2.75) is 25.4 Å². The van der Waals surface area contributed by atoms with Crippen LogP contribution in [0.4, 0.5) is 11.5 Å². The van der Waals surface area contributed by atoms with Gasteiger partial charge in [0.05, 0.1) is 30.6 Å². The molecule has 5 heterocycles. The smallest absolute Gasteiger partial charge is 0.263 e. The number of rotatable bonds is 7. The lowest BCUT2D eigenvalue weighted by atomic mass is 10.0. The molecule has 11 heteroatoms. The molecule has 2 aliphatic rings. The second kappa shape index (κ2) is 10.3. The van der Waals surface area contributed by atoms with Gasteiger partial charge >= 0.3 is 0 Å². The monoisotopic (exact) mass is 491 g/mol. The van der Waals surface area contributed by atoms with Gasteiger partial charge in [0.1, 0.15) is 5.52 Å². The zero-order valence-electron chi connectivity index (χ0n) is 20.4. The van der Waals surface area contributed by atoms with Gasteiger partial charge in [-0.25, -0.2) is 9.97 Å². The molecule has 0 unspecified atom stereocenters. The van der Waals surface area contributed by atoms with Gasteiger partial charge in [0.15, 0.2) is 18.2 Å². The van der Waals surface area contributed by atoms with Crippen molar-refractivity contribution in [2.75, 3.05) is 50.6 Å². The molecule has 0 aromatic carbocycles. The van der Waals surface area contributed by atoms with Crippen LogP contribution in [0.2, 0.25) is 0 Å². The number of pyridine rings is 3. The second-order valence-electron chi connectivity index (χ2n) is 8.86. The van der Waals surface area contributed by atoms with Gasteiger partial charge in [-0.05, 0) is 37.1 Å². The van der Waals surface area contributed by atoms with E-state index in [4.69, 9.17) is 9.47 Å². The predicted molar refractivity (Wildman–Crippen MR) is 134 cm³/mol. The Morgan fingerprint density at radius 3 is 2.86 bits per heavy atom. The van der Waals surface area contributed by atoms with Gasteiger partial charge in [-0.3, -0.25) is 14.6 Å². The van der Waals surface area contributed by atoms with Crippen LogP contribution in [0.15, 0.2) is 36.5 Å². The summed E-state index contributed by atoms with van der Waals surface area (Å²) in [6.45, 7) is 2.25. The van der Waals surface area contributed by atoms with E-state index in [0.717, 1.165) is 48.3 Å². The number of nitrogens with zero attached hydrogens (tertiary/aromatic N) is 5. The molecule has 3 aromatic rings. The van der Waals surface area contributed by atoms with Gasteiger partial charge in [0, 0.05) is 45.0 Å². The van der Waals surface area contributed by atoms with Gasteiger partial charge < -0.3 is 29.9 Å². The second-order valence-corrected chi connectivity index (χ2v) is 8.86. The molecule has 5 rings (SSSR count). The van der Waals surface area contributed by atoms with Crippen molar-refractivity contribution in [3.8, 4) is 11.6 Å². The number of amides is 2. The van der Waals surface area contributed by atoms with E-state index in [0.29, 0.717) is 24.0 Å². The number of hydrogen-bond acceptors (Lipinski definition) is 9. The molecule has 2 amide bonds. The molecule has 0 saturated carbocycles. The minimum atomic E-state index is -0.226. The largest absolute Gasteiger partial charge is 0.481 e. The maximum absolute atomic E-state index is 12.8. The highest BCUT2D eigenvalue weighted by Crippen LogP contribution is 2.29. The summed E-state index contributed by atoms with van der Waals surface area (Å²) in [5, 5.41) is 5.86. The Morgan fingerprint density at radius 1 is 1.22 bits per heavy atom. The van der Waals surface area contributed by atoms with E-state index in [1.54, 1.807) is 19.4 Å². The Morgan fingerprint density at radius 2 is 2.06 bits per heavy atom. The fourth-order valence-electron chi connectivity index (χ4n) is 4.59. The predicted octanol–water partition coefficient (Wildman–Crippen LogP) is 1.58. The number of likely N-dealkylation sites (N-methyl/N-ethyl adjacent to an activating group) is 1. The Kier molecular flexibility index (Phi) is 6.81. The molecule has 1 saturated heterocycles. The molecule has 36 heavy (non-hydrogen) atoms. The van der Waals surface area contributed by atoms with Gasteiger partial charge in [-0.1, -0.05) is 0 Å². The highest BCUT2D eigenvalue weighted by atomic mass is 16.5. The van der Waals surface area contributed by atoms with E-state index < -0.39 is 0 Å². The van der Waals surface area contributed by atoms with E-state index in [9.17, 15) is 9.59 Å². The average Bonchev–Trinajstić information content (AvgIpc) is 2.91. The summed E-state index contributed by atoms with van der Waals surface area (Å²) in [5.41, 5.74) is 3.41. The fraction of sp³-hybridized carbons (Fsp3) is 0.400. The molecule has 0 aliphatic carbocycles. The minimum Gasteiger partial charge on any atom is -0.481 e. The first-order valence-electron chi connectivity index (χ1n) is 12.0. The third-order valence-corrected chi connectivity index (χ3v) is 6.61. The Bertz CT molecular complexity index is 1280. The standard InChI is InChI=1S/C25H29N7O4/c1-31(23(34)14-26-13-16-3-5-20-25(28-16)29-21(33)15-36-20)17-8-11-32(12-9-17)19-7-10-27-18-4-6-22(35-2)30-24(18)19/h3-7,10,17,26H,8-9,11-15H2,1-2H3,(H,28,29,33). The zero-order valence-corrected chi connectivity index (χ0v) is 20.4. The zero-order chi connectivity index (χ0) is 25.1. The molecule has 0 radical (unpaired) electrons. The Balaban J connectivity index is 1.13. The average molecular weight is 492 g/mol. The van der Waals surface area contributed by atoms with E-state index >= 15 is 0 Å².